The number of carbonyl (C=O) groups excluding carboxylic acids is 1. The number of hydrogen-bond donors (Lipinski definition) is 1. The van der Waals surface area contributed by atoms with Crippen molar-refractivity contribution in [2.24, 2.45) is 0 Å². The number of fused-ring (bicyclic) bond motifs is 1. The highest BCUT2D eigenvalue weighted by Crippen LogP contribution is 2.29. The topological polar surface area (TPSA) is 51.2 Å². The first-order valence-corrected chi connectivity index (χ1v) is 8.77. The molecule has 1 aromatic heterocycles. The Balaban J connectivity index is 1.64. The summed E-state index contributed by atoms with van der Waals surface area (Å²) in [5, 5.41) is 3.16. The van der Waals surface area contributed by atoms with Gasteiger partial charge in [-0.3, -0.25) is 9.78 Å². The van der Waals surface area contributed by atoms with Crippen molar-refractivity contribution in [2.75, 3.05) is 6.61 Å². The fourth-order valence-corrected chi connectivity index (χ4v) is 3.38. The number of rotatable bonds is 4. The first-order chi connectivity index (χ1) is 12.8. The number of benzene rings is 2. The largest absolute Gasteiger partial charge is 0.363 e. The minimum atomic E-state index is -0.581. The molecule has 0 saturated carbocycles. The molecule has 4 heteroatoms. The van der Waals surface area contributed by atoms with E-state index in [1.807, 2.05) is 60.7 Å². The van der Waals surface area contributed by atoms with Crippen LogP contribution >= 0.6 is 0 Å². The Bertz CT molecular complexity index is 841. The minimum Gasteiger partial charge on any atom is -0.363 e. The van der Waals surface area contributed by atoms with Crippen molar-refractivity contribution < 1.29 is 9.53 Å². The van der Waals surface area contributed by atoms with Gasteiger partial charge in [-0.05, 0) is 34.7 Å². The third-order valence-corrected chi connectivity index (χ3v) is 4.67. The van der Waals surface area contributed by atoms with Gasteiger partial charge in [-0.15, -0.1) is 0 Å². The van der Waals surface area contributed by atoms with E-state index in [1.165, 1.54) is 5.56 Å². The van der Waals surface area contributed by atoms with Gasteiger partial charge >= 0.3 is 0 Å². The monoisotopic (exact) mass is 344 g/mol. The molecule has 4 rings (SSSR count). The van der Waals surface area contributed by atoms with Crippen LogP contribution in [0.15, 0.2) is 79.1 Å². The molecule has 1 aliphatic heterocycles. The van der Waals surface area contributed by atoms with E-state index < -0.39 is 6.10 Å². The van der Waals surface area contributed by atoms with E-state index in [1.54, 1.807) is 12.4 Å². The highest BCUT2D eigenvalue weighted by atomic mass is 16.5. The van der Waals surface area contributed by atoms with Crippen molar-refractivity contribution >= 4 is 5.91 Å². The van der Waals surface area contributed by atoms with Crippen LogP contribution in [0.4, 0.5) is 0 Å². The van der Waals surface area contributed by atoms with Crippen LogP contribution in [0.2, 0.25) is 0 Å². The maximum atomic E-state index is 13.1. The van der Waals surface area contributed by atoms with Gasteiger partial charge in [0, 0.05) is 12.4 Å². The molecular weight excluding hydrogens is 324 g/mol. The molecule has 0 bridgehead atoms. The highest BCUT2D eigenvalue weighted by molar-refractivity contribution is 5.83. The second-order valence-electron chi connectivity index (χ2n) is 6.34. The van der Waals surface area contributed by atoms with E-state index in [0.717, 1.165) is 23.1 Å². The fraction of sp³-hybridized carbons (Fsp3) is 0.182. The Morgan fingerprint density at radius 3 is 2.58 bits per heavy atom. The second kappa shape index (κ2) is 7.50. The van der Waals surface area contributed by atoms with Crippen LogP contribution < -0.4 is 5.32 Å². The van der Waals surface area contributed by atoms with Crippen LogP contribution in [0.25, 0.3) is 0 Å². The van der Waals surface area contributed by atoms with Crippen LogP contribution in [0.5, 0.6) is 0 Å². The van der Waals surface area contributed by atoms with E-state index in [0.29, 0.717) is 6.61 Å². The third kappa shape index (κ3) is 3.37. The summed E-state index contributed by atoms with van der Waals surface area (Å²) in [6.07, 6.45) is 3.77. The molecule has 3 aromatic rings. The summed E-state index contributed by atoms with van der Waals surface area (Å²) in [5.74, 6) is -0.130. The van der Waals surface area contributed by atoms with E-state index in [-0.39, 0.29) is 11.9 Å². The Morgan fingerprint density at radius 1 is 1.00 bits per heavy atom. The van der Waals surface area contributed by atoms with Crippen molar-refractivity contribution in [3.05, 3.63) is 101 Å². The van der Waals surface area contributed by atoms with E-state index in [4.69, 9.17) is 4.74 Å². The number of nitrogens with zero attached hydrogens (tertiary/aromatic N) is 1. The third-order valence-electron chi connectivity index (χ3n) is 4.67. The van der Waals surface area contributed by atoms with E-state index in [9.17, 15) is 4.79 Å². The number of hydrogen-bond acceptors (Lipinski definition) is 3. The normalized spacial score (nSPS) is 17.2. The number of carbonyl (C=O) groups is 1. The number of pyridine rings is 1. The zero-order valence-electron chi connectivity index (χ0n) is 14.3. The number of ether oxygens (including phenoxy) is 1. The van der Waals surface area contributed by atoms with Crippen LogP contribution in [0.1, 0.15) is 34.4 Å². The number of nitrogens with one attached hydrogen (secondary N) is 1. The molecule has 0 spiro atoms. The van der Waals surface area contributed by atoms with Crippen LogP contribution in [-0.4, -0.2) is 17.5 Å². The summed E-state index contributed by atoms with van der Waals surface area (Å²) in [4.78, 5) is 17.3. The minimum absolute atomic E-state index is 0.130. The quantitative estimate of drug-likeness (QED) is 0.787. The molecule has 130 valence electrons. The zero-order chi connectivity index (χ0) is 17.8. The average molecular weight is 344 g/mol. The van der Waals surface area contributed by atoms with Gasteiger partial charge in [-0.25, -0.2) is 0 Å². The molecule has 0 fully saturated rings. The highest BCUT2D eigenvalue weighted by Gasteiger charge is 2.29. The van der Waals surface area contributed by atoms with Gasteiger partial charge in [0.15, 0.2) is 6.10 Å². The number of amides is 1. The molecule has 4 nitrogen and oxygen atoms in total. The predicted molar refractivity (Wildman–Crippen MR) is 99.5 cm³/mol. The summed E-state index contributed by atoms with van der Waals surface area (Å²) in [6, 6.07) is 21.5. The van der Waals surface area contributed by atoms with Crippen molar-refractivity contribution in [2.45, 2.75) is 18.6 Å². The molecule has 0 unspecified atom stereocenters. The average Bonchev–Trinajstić information content (AvgIpc) is 2.72. The zero-order valence-corrected chi connectivity index (χ0v) is 14.3. The lowest BCUT2D eigenvalue weighted by atomic mass is 9.95. The lowest BCUT2D eigenvalue weighted by Gasteiger charge is -2.27. The molecule has 2 heterocycles. The van der Waals surface area contributed by atoms with Crippen LogP contribution in [0.3, 0.4) is 0 Å². The molecule has 1 N–H and O–H groups in total. The molecule has 0 aliphatic carbocycles. The maximum absolute atomic E-state index is 13.1. The molecule has 2 atom stereocenters. The van der Waals surface area contributed by atoms with Gasteiger partial charge < -0.3 is 10.1 Å². The first kappa shape index (κ1) is 16.5. The van der Waals surface area contributed by atoms with Crippen molar-refractivity contribution in [3.8, 4) is 0 Å². The van der Waals surface area contributed by atoms with Gasteiger partial charge in [0.25, 0.3) is 5.91 Å². The van der Waals surface area contributed by atoms with Gasteiger partial charge in [0.2, 0.25) is 0 Å². The van der Waals surface area contributed by atoms with Gasteiger partial charge in [0.1, 0.15) is 0 Å². The van der Waals surface area contributed by atoms with Gasteiger partial charge in [-0.2, -0.15) is 0 Å². The summed E-state index contributed by atoms with van der Waals surface area (Å²) in [7, 11) is 0. The Hall–Kier alpha value is -2.98. The van der Waals surface area contributed by atoms with Crippen LogP contribution in [-0.2, 0) is 16.0 Å². The maximum Gasteiger partial charge on any atom is 0.254 e. The molecule has 26 heavy (non-hydrogen) atoms. The lowest BCUT2D eigenvalue weighted by Crippen LogP contribution is -2.36. The first-order valence-electron chi connectivity index (χ1n) is 8.77. The molecule has 0 radical (unpaired) electrons. The smallest absolute Gasteiger partial charge is 0.254 e. The second-order valence-corrected chi connectivity index (χ2v) is 6.34. The summed E-state index contributed by atoms with van der Waals surface area (Å²) in [5.41, 5.74) is 4.08. The fourth-order valence-electron chi connectivity index (χ4n) is 3.38. The SMILES string of the molecule is O=C(N[C@@H](c1ccccc1)c1cccnc1)[C@@H]1OCCc2ccccc21. The van der Waals surface area contributed by atoms with Crippen molar-refractivity contribution in [3.63, 3.8) is 0 Å². The molecule has 0 saturated heterocycles. The van der Waals surface area contributed by atoms with Crippen molar-refractivity contribution in [1.82, 2.24) is 10.3 Å². The van der Waals surface area contributed by atoms with E-state index in [2.05, 4.69) is 16.4 Å². The van der Waals surface area contributed by atoms with Gasteiger partial charge in [0.05, 0.1) is 12.6 Å². The molecule has 1 amide bonds. The lowest BCUT2D eigenvalue weighted by molar-refractivity contribution is -0.134. The standard InChI is InChI=1S/C22H20N2O2/c25-22(21-19-11-5-4-7-16(19)12-14-26-21)24-20(17-8-2-1-3-9-17)18-10-6-13-23-15-18/h1-11,13,15,20-21H,12,14H2,(H,24,25)/t20-,21+/m0/s1. The summed E-state index contributed by atoms with van der Waals surface area (Å²) < 4.78 is 5.81. The van der Waals surface area contributed by atoms with Crippen LogP contribution in [0, 0.1) is 0 Å². The Morgan fingerprint density at radius 2 is 1.77 bits per heavy atom. The molecule has 1 aliphatic rings. The number of aromatic nitrogens is 1. The summed E-state index contributed by atoms with van der Waals surface area (Å²) in [6.45, 7) is 0.554. The van der Waals surface area contributed by atoms with Gasteiger partial charge in [-0.1, -0.05) is 60.7 Å². The predicted octanol–water partition coefficient (Wildman–Crippen LogP) is 3.60. The van der Waals surface area contributed by atoms with E-state index >= 15 is 0 Å². The molecular formula is C22H20N2O2. The summed E-state index contributed by atoms with van der Waals surface area (Å²) >= 11 is 0. The van der Waals surface area contributed by atoms with Crippen molar-refractivity contribution in [1.29, 1.82) is 0 Å². The Labute approximate surface area is 152 Å². The molecule has 2 aromatic carbocycles. The Kier molecular flexibility index (Phi) is 4.75.